The second kappa shape index (κ2) is 9.13. The Bertz CT molecular complexity index is 820. The monoisotopic (exact) mass is 409 g/mol. The number of pyridine rings is 1. The summed E-state index contributed by atoms with van der Waals surface area (Å²) in [6, 6.07) is 8.18. The van der Waals surface area contributed by atoms with Gasteiger partial charge < -0.3 is 20.1 Å². The van der Waals surface area contributed by atoms with Crippen LogP contribution in [-0.2, 0) is 0 Å². The maximum absolute atomic E-state index is 12.9. The van der Waals surface area contributed by atoms with E-state index < -0.39 is 6.36 Å². The van der Waals surface area contributed by atoms with Gasteiger partial charge in [-0.2, -0.15) is 0 Å². The molecule has 2 heterocycles. The minimum absolute atomic E-state index is 0.103. The molecule has 1 amide bonds. The topological polar surface area (TPSA) is 77.7 Å². The molecular formula is C20H22F3N3O3. The maximum Gasteiger partial charge on any atom is 0.573 e. The first-order chi connectivity index (χ1) is 13.9. The number of amides is 1. The Labute approximate surface area is 166 Å². The molecular weight excluding hydrogens is 387 g/mol. The molecule has 0 radical (unpaired) electrons. The van der Waals surface area contributed by atoms with E-state index in [2.05, 4.69) is 9.72 Å². The highest BCUT2D eigenvalue weighted by atomic mass is 19.4. The zero-order valence-corrected chi connectivity index (χ0v) is 15.7. The first-order valence-electron chi connectivity index (χ1n) is 9.34. The lowest BCUT2D eigenvalue weighted by molar-refractivity contribution is -0.274. The van der Waals surface area contributed by atoms with Crippen molar-refractivity contribution in [2.24, 2.45) is 11.7 Å². The van der Waals surface area contributed by atoms with E-state index in [0.29, 0.717) is 31.1 Å². The summed E-state index contributed by atoms with van der Waals surface area (Å²) in [4.78, 5) is 18.8. The van der Waals surface area contributed by atoms with Crippen molar-refractivity contribution < 1.29 is 27.4 Å². The Morgan fingerprint density at radius 3 is 2.41 bits per heavy atom. The third-order valence-electron chi connectivity index (χ3n) is 4.75. The molecule has 0 spiro atoms. The third-order valence-corrected chi connectivity index (χ3v) is 4.75. The molecule has 6 nitrogen and oxygen atoms in total. The third kappa shape index (κ3) is 5.83. The number of ether oxygens (including phenoxy) is 2. The van der Waals surface area contributed by atoms with Gasteiger partial charge in [-0.3, -0.25) is 4.79 Å². The van der Waals surface area contributed by atoms with E-state index in [0.717, 1.165) is 31.4 Å². The number of nitrogens with zero attached hydrogens (tertiary/aromatic N) is 2. The lowest BCUT2D eigenvalue weighted by Crippen LogP contribution is -2.39. The molecule has 0 atom stereocenters. The number of aromatic nitrogens is 1. The minimum Gasteiger partial charge on any atom is -0.438 e. The molecule has 0 aliphatic carbocycles. The number of alkyl halides is 3. The number of carbonyl (C=O) groups is 1. The molecule has 29 heavy (non-hydrogen) atoms. The Morgan fingerprint density at radius 1 is 1.14 bits per heavy atom. The van der Waals surface area contributed by atoms with Crippen molar-refractivity contribution in [3.63, 3.8) is 0 Å². The summed E-state index contributed by atoms with van der Waals surface area (Å²) in [6.07, 6.45) is -0.515. The SMILES string of the molecule is NCCC1CCN(C(=O)c2cccnc2Oc2ccc(OC(F)(F)F)cc2)CC1. The number of rotatable bonds is 6. The molecule has 1 aliphatic heterocycles. The van der Waals surface area contributed by atoms with Gasteiger partial charge in [-0.05, 0) is 68.1 Å². The second-order valence-electron chi connectivity index (χ2n) is 6.79. The lowest BCUT2D eigenvalue weighted by Gasteiger charge is -2.32. The Morgan fingerprint density at radius 2 is 1.79 bits per heavy atom. The number of likely N-dealkylation sites (tertiary alicyclic amines) is 1. The van der Waals surface area contributed by atoms with Gasteiger partial charge in [-0.25, -0.2) is 4.98 Å². The van der Waals surface area contributed by atoms with Gasteiger partial charge in [0.15, 0.2) is 0 Å². The first-order valence-corrected chi connectivity index (χ1v) is 9.34. The molecule has 1 aliphatic rings. The summed E-state index contributed by atoms with van der Waals surface area (Å²) in [5, 5.41) is 0. The Balaban J connectivity index is 1.68. The zero-order chi connectivity index (χ0) is 20.9. The number of benzene rings is 1. The number of hydrogen-bond donors (Lipinski definition) is 1. The predicted molar refractivity (Wildman–Crippen MR) is 99.7 cm³/mol. The van der Waals surface area contributed by atoms with Crippen molar-refractivity contribution >= 4 is 5.91 Å². The molecule has 0 unspecified atom stereocenters. The van der Waals surface area contributed by atoms with E-state index in [1.54, 1.807) is 17.0 Å². The van der Waals surface area contributed by atoms with Gasteiger partial charge in [-0.15, -0.1) is 13.2 Å². The Kier molecular flexibility index (Phi) is 6.58. The van der Waals surface area contributed by atoms with Crippen molar-refractivity contribution in [1.82, 2.24) is 9.88 Å². The fourth-order valence-electron chi connectivity index (χ4n) is 3.29. The van der Waals surface area contributed by atoms with Crippen LogP contribution in [0.3, 0.4) is 0 Å². The molecule has 1 aromatic carbocycles. The average molecular weight is 409 g/mol. The first kappa shape index (κ1) is 20.9. The molecule has 1 aromatic heterocycles. The van der Waals surface area contributed by atoms with Gasteiger partial charge >= 0.3 is 6.36 Å². The van der Waals surface area contributed by atoms with Crippen LogP contribution in [0.15, 0.2) is 42.6 Å². The van der Waals surface area contributed by atoms with E-state index >= 15 is 0 Å². The summed E-state index contributed by atoms with van der Waals surface area (Å²) < 4.78 is 46.3. The predicted octanol–water partition coefficient (Wildman–Crippen LogP) is 3.97. The molecule has 1 fully saturated rings. The van der Waals surface area contributed by atoms with E-state index in [-0.39, 0.29) is 23.3 Å². The van der Waals surface area contributed by atoms with E-state index in [4.69, 9.17) is 10.5 Å². The number of carbonyl (C=O) groups excluding carboxylic acids is 1. The van der Waals surface area contributed by atoms with Crippen LogP contribution in [0.5, 0.6) is 17.4 Å². The van der Waals surface area contributed by atoms with Crippen LogP contribution < -0.4 is 15.2 Å². The van der Waals surface area contributed by atoms with Crippen LogP contribution in [0.25, 0.3) is 0 Å². The van der Waals surface area contributed by atoms with Crippen LogP contribution in [-0.4, -0.2) is 41.8 Å². The van der Waals surface area contributed by atoms with Crippen LogP contribution in [0.4, 0.5) is 13.2 Å². The standard InChI is InChI=1S/C20H22F3N3O3/c21-20(22,23)29-16-5-3-15(4-6-16)28-18-17(2-1-11-25-18)19(27)26-12-8-14(7-10-24)9-13-26/h1-6,11,14H,7-10,12-13,24H2. The van der Waals surface area contributed by atoms with Gasteiger partial charge in [0.05, 0.1) is 0 Å². The molecule has 3 rings (SSSR count). The maximum atomic E-state index is 12.9. The molecule has 2 N–H and O–H groups in total. The van der Waals surface area contributed by atoms with Crippen molar-refractivity contribution in [2.45, 2.75) is 25.6 Å². The molecule has 0 saturated carbocycles. The zero-order valence-electron chi connectivity index (χ0n) is 15.7. The minimum atomic E-state index is -4.76. The molecule has 156 valence electrons. The normalized spacial score (nSPS) is 15.2. The van der Waals surface area contributed by atoms with Crippen molar-refractivity contribution in [1.29, 1.82) is 0 Å². The highest BCUT2D eigenvalue weighted by Gasteiger charge is 2.31. The highest BCUT2D eigenvalue weighted by molar-refractivity contribution is 5.96. The largest absolute Gasteiger partial charge is 0.573 e. The van der Waals surface area contributed by atoms with Crippen molar-refractivity contribution in [3.05, 3.63) is 48.2 Å². The fraction of sp³-hybridized carbons (Fsp3) is 0.400. The second-order valence-corrected chi connectivity index (χ2v) is 6.79. The van der Waals surface area contributed by atoms with Gasteiger partial charge in [0.2, 0.25) is 5.88 Å². The van der Waals surface area contributed by atoms with E-state index in [9.17, 15) is 18.0 Å². The number of hydrogen-bond acceptors (Lipinski definition) is 5. The summed E-state index contributed by atoms with van der Waals surface area (Å²) in [5.41, 5.74) is 5.91. The van der Waals surface area contributed by atoms with Crippen molar-refractivity contribution in [3.8, 4) is 17.4 Å². The summed E-state index contributed by atoms with van der Waals surface area (Å²) in [5.74, 6) is 0.338. The Hall–Kier alpha value is -2.81. The molecule has 0 bridgehead atoms. The van der Waals surface area contributed by atoms with Gasteiger partial charge in [0.25, 0.3) is 5.91 Å². The van der Waals surface area contributed by atoms with Crippen LogP contribution >= 0.6 is 0 Å². The van der Waals surface area contributed by atoms with E-state index in [1.165, 1.54) is 18.3 Å². The van der Waals surface area contributed by atoms with Crippen molar-refractivity contribution in [2.75, 3.05) is 19.6 Å². The molecule has 2 aromatic rings. The average Bonchev–Trinajstić information content (AvgIpc) is 2.69. The van der Waals surface area contributed by atoms with E-state index in [1.807, 2.05) is 0 Å². The summed E-state index contributed by atoms with van der Waals surface area (Å²) in [7, 11) is 0. The van der Waals surface area contributed by atoms with Crippen LogP contribution in [0, 0.1) is 5.92 Å². The quantitative estimate of drug-likeness (QED) is 0.781. The summed E-state index contributed by atoms with van der Waals surface area (Å²) in [6.45, 7) is 1.93. The molecule has 9 heteroatoms. The summed E-state index contributed by atoms with van der Waals surface area (Å²) >= 11 is 0. The van der Waals surface area contributed by atoms with Gasteiger partial charge in [0.1, 0.15) is 17.1 Å². The van der Waals surface area contributed by atoms with Gasteiger partial charge in [-0.1, -0.05) is 0 Å². The lowest BCUT2D eigenvalue weighted by atomic mass is 9.93. The molecule has 1 saturated heterocycles. The van der Waals surface area contributed by atoms with Crippen LogP contribution in [0.2, 0.25) is 0 Å². The smallest absolute Gasteiger partial charge is 0.438 e. The number of nitrogens with two attached hydrogens (primary N) is 1. The van der Waals surface area contributed by atoms with Gasteiger partial charge in [0, 0.05) is 19.3 Å². The van der Waals surface area contributed by atoms with Crippen LogP contribution in [0.1, 0.15) is 29.6 Å². The fourth-order valence-corrected chi connectivity index (χ4v) is 3.29. The number of halogens is 3. The number of piperidine rings is 1. The highest BCUT2D eigenvalue weighted by Crippen LogP contribution is 2.29.